The lowest BCUT2D eigenvalue weighted by atomic mass is 10.0. The van der Waals surface area contributed by atoms with Crippen LogP contribution < -0.4 is 5.32 Å². The quantitative estimate of drug-likeness (QED) is 0.920. The summed E-state index contributed by atoms with van der Waals surface area (Å²) in [5.74, 6) is 0.610. The molecular formula is C14H18N2OS. The Hall–Kier alpha value is -1.13. The molecule has 2 atom stereocenters. The number of anilines is 1. The molecule has 0 aliphatic carbocycles. The molecule has 1 aliphatic heterocycles. The van der Waals surface area contributed by atoms with Crippen molar-refractivity contribution in [1.29, 1.82) is 0 Å². The van der Waals surface area contributed by atoms with Crippen molar-refractivity contribution in [3.8, 4) is 0 Å². The highest BCUT2D eigenvalue weighted by molar-refractivity contribution is 7.22. The Morgan fingerprint density at radius 2 is 2.39 bits per heavy atom. The van der Waals surface area contributed by atoms with Gasteiger partial charge < -0.3 is 10.1 Å². The molecule has 2 unspecified atom stereocenters. The van der Waals surface area contributed by atoms with Gasteiger partial charge >= 0.3 is 0 Å². The zero-order chi connectivity index (χ0) is 12.5. The van der Waals surface area contributed by atoms with Crippen LogP contribution in [0.3, 0.4) is 0 Å². The normalized spacial score (nSPS) is 23.7. The van der Waals surface area contributed by atoms with E-state index in [4.69, 9.17) is 4.74 Å². The van der Waals surface area contributed by atoms with Crippen LogP contribution in [-0.2, 0) is 4.74 Å². The molecular weight excluding hydrogens is 244 g/mol. The minimum absolute atomic E-state index is 0.370. The molecule has 1 aromatic carbocycles. The van der Waals surface area contributed by atoms with E-state index in [0.717, 1.165) is 30.2 Å². The van der Waals surface area contributed by atoms with E-state index in [-0.39, 0.29) is 0 Å². The zero-order valence-electron chi connectivity index (χ0n) is 10.8. The molecule has 96 valence electrons. The Morgan fingerprint density at radius 3 is 3.17 bits per heavy atom. The van der Waals surface area contributed by atoms with E-state index in [9.17, 15) is 0 Å². The second kappa shape index (κ2) is 4.86. The summed E-state index contributed by atoms with van der Waals surface area (Å²) in [6.07, 6.45) is 1.52. The third-order valence-corrected chi connectivity index (χ3v) is 4.57. The molecule has 0 bridgehead atoms. The largest absolute Gasteiger partial charge is 0.378 e. The first-order valence-corrected chi connectivity index (χ1v) is 7.27. The Kier molecular flexibility index (Phi) is 3.22. The van der Waals surface area contributed by atoms with Crippen LogP contribution in [0, 0.1) is 12.8 Å². The second-order valence-corrected chi connectivity index (χ2v) is 6.03. The van der Waals surface area contributed by atoms with Crippen LogP contribution in [0.2, 0.25) is 0 Å². The van der Waals surface area contributed by atoms with Crippen LogP contribution in [0.25, 0.3) is 10.2 Å². The molecule has 0 saturated carbocycles. The number of thiazole rings is 1. The minimum atomic E-state index is 0.370. The van der Waals surface area contributed by atoms with Crippen molar-refractivity contribution in [2.24, 2.45) is 5.92 Å². The SMILES string of the molecule is Cc1ccc2nc(NCC3CCOC3C)sc2c1. The monoisotopic (exact) mass is 262 g/mol. The smallest absolute Gasteiger partial charge is 0.183 e. The Bertz CT molecular complexity index is 552. The van der Waals surface area contributed by atoms with Gasteiger partial charge in [0, 0.05) is 19.1 Å². The molecule has 2 heterocycles. The number of rotatable bonds is 3. The van der Waals surface area contributed by atoms with Gasteiger partial charge in [0.2, 0.25) is 0 Å². The zero-order valence-corrected chi connectivity index (χ0v) is 11.6. The van der Waals surface area contributed by atoms with E-state index in [1.807, 2.05) is 0 Å². The van der Waals surface area contributed by atoms with Crippen LogP contribution in [0.15, 0.2) is 18.2 Å². The van der Waals surface area contributed by atoms with E-state index >= 15 is 0 Å². The average molecular weight is 262 g/mol. The van der Waals surface area contributed by atoms with Crippen molar-refractivity contribution in [2.45, 2.75) is 26.4 Å². The fourth-order valence-electron chi connectivity index (χ4n) is 2.37. The Labute approximate surface area is 111 Å². The predicted molar refractivity (Wildman–Crippen MR) is 76.4 cm³/mol. The lowest BCUT2D eigenvalue weighted by Crippen LogP contribution is -2.20. The van der Waals surface area contributed by atoms with Crippen LogP contribution in [0.5, 0.6) is 0 Å². The number of nitrogens with zero attached hydrogens (tertiary/aromatic N) is 1. The van der Waals surface area contributed by atoms with Gasteiger partial charge in [-0.2, -0.15) is 0 Å². The molecule has 1 aromatic heterocycles. The van der Waals surface area contributed by atoms with E-state index in [1.54, 1.807) is 11.3 Å². The summed E-state index contributed by atoms with van der Waals surface area (Å²) in [7, 11) is 0. The first-order chi connectivity index (χ1) is 8.72. The number of aromatic nitrogens is 1. The van der Waals surface area contributed by atoms with Crippen molar-refractivity contribution in [3.05, 3.63) is 23.8 Å². The Balaban J connectivity index is 1.71. The first-order valence-electron chi connectivity index (χ1n) is 6.45. The molecule has 1 N–H and O–H groups in total. The number of hydrogen-bond acceptors (Lipinski definition) is 4. The standard InChI is InChI=1S/C14H18N2OS/c1-9-3-4-12-13(7-9)18-14(16-12)15-8-11-5-6-17-10(11)2/h3-4,7,10-11H,5-6,8H2,1-2H3,(H,15,16). The topological polar surface area (TPSA) is 34.2 Å². The molecule has 0 amide bonds. The van der Waals surface area contributed by atoms with Gasteiger partial charge in [-0.3, -0.25) is 0 Å². The van der Waals surface area contributed by atoms with Crippen molar-refractivity contribution < 1.29 is 4.74 Å². The number of fused-ring (bicyclic) bond motifs is 1. The number of benzene rings is 1. The summed E-state index contributed by atoms with van der Waals surface area (Å²) in [5.41, 5.74) is 2.37. The van der Waals surface area contributed by atoms with E-state index in [1.165, 1.54) is 10.3 Å². The highest BCUT2D eigenvalue weighted by atomic mass is 32.1. The molecule has 0 spiro atoms. The van der Waals surface area contributed by atoms with Gasteiger partial charge in [-0.15, -0.1) is 0 Å². The van der Waals surface area contributed by atoms with Crippen LogP contribution in [0.1, 0.15) is 18.9 Å². The Morgan fingerprint density at radius 1 is 1.50 bits per heavy atom. The third-order valence-electron chi connectivity index (χ3n) is 3.59. The molecule has 0 radical (unpaired) electrons. The molecule has 2 aromatic rings. The van der Waals surface area contributed by atoms with Crippen molar-refractivity contribution in [2.75, 3.05) is 18.5 Å². The maximum Gasteiger partial charge on any atom is 0.183 e. The first kappa shape index (κ1) is 11.9. The van der Waals surface area contributed by atoms with E-state index < -0.39 is 0 Å². The van der Waals surface area contributed by atoms with Crippen LogP contribution in [0.4, 0.5) is 5.13 Å². The number of nitrogens with one attached hydrogen (secondary N) is 1. The molecule has 1 saturated heterocycles. The van der Waals surface area contributed by atoms with Gasteiger partial charge in [-0.1, -0.05) is 17.4 Å². The van der Waals surface area contributed by atoms with Gasteiger partial charge in [0.1, 0.15) is 0 Å². The minimum Gasteiger partial charge on any atom is -0.378 e. The summed E-state index contributed by atoms with van der Waals surface area (Å²) in [6, 6.07) is 6.39. The van der Waals surface area contributed by atoms with Gasteiger partial charge in [0.15, 0.2) is 5.13 Å². The molecule has 3 nitrogen and oxygen atoms in total. The van der Waals surface area contributed by atoms with Crippen molar-refractivity contribution in [1.82, 2.24) is 4.98 Å². The van der Waals surface area contributed by atoms with Crippen molar-refractivity contribution in [3.63, 3.8) is 0 Å². The van der Waals surface area contributed by atoms with Gasteiger partial charge in [-0.05, 0) is 38.0 Å². The van der Waals surface area contributed by atoms with E-state index in [0.29, 0.717) is 12.0 Å². The highest BCUT2D eigenvalue weighted by Crippen LogP contribution is 2.28. The molecule has 18 heavy (non-hydrogen) atoms. The van der Waals surface area contributed by atoms with Gasteiger partial charge in [0.05, 0.1) is 16.3 Å². The fraction of sp³-hybridized carbons (Fsp3) is 0.500. The van der Waals surface area contributed by atoms with Crippen molar-refractivity contribution >= 4 is 26.7 Å². The average Bonchev–Trinajstić information content (AvgIpc) is 2.92. The van der Waals surface area contributed by atoms with Crippen LogP contribution >= 0.6 is 11.3 Å². The van der Waals surface area contributed by atoms with Crippen LogP contribution in [-0.4, -0.2) is 24.2 Å². The molecule has 3 rings (SSSR count). The molecule has 1 aliphatic rings. The summed E-state index contributed by atoms with van der Waals surface area (Å²) < 4.78 is 6.83. The predicted octanol–water partition coefficient (Wildman–Crippen LogP) is 3.44. The summed E-state index contributed by atoms with van der Waals surface area (Å²) in [6.45, 7) is 6.12. The lowest BCUT2D eigenvalue weighted by molar-refractivity contribution is 0.108. The number of aryl methyl sites for hydroxylation is 1. The van der Waals surface area contributed by atoms with E-state index in [2.05, 4.69) is 42.3 Å². The summed E-state index contributed by atoms with van der Waals surface area (Å²) in [4.78, 5) is 4.61. The molecule has 1 fully saturated rings. The van der Waals surface area contributed by atoms with Gasteiger partial charge in [-0.25, -0.2) is 4.98 Å². The second-order valence-electron chi connectivity index (χ2n) is 5.00. The number of ether oxygens (including phenoxy) is 1. The fourth-order valence-corrected chi connectivity index (χ4v) is 3.34. The highest BCUT2D eigenvalue weighted by Gasteiger charge is 2.23. The van der Waals surface area contributed by atoms with Gasteiger partial charge in [0.25, 0.3) is 0 Å². The third kappa shape index (κ3) is 2.35. The summed E-state index contributed by atoms with van der Waals surface area (Å²) in [5, 5.41) is 4.48. The number of hydrogen-bond donors (Lipinski definition) is 1. The summed E-state index contributed by atoms with van der Waals surface area (Å²) >= 11 is 1.73. The maximum atomic E-state index is 5.57. The lowest BCUT2D eigenvalue weighted by Gasteiger charge is -2.13. The molecule has 4 heteroatoms. The maximum absolute atomic E-state index is 5.57.